The molecule has 0 bridgehead atoms. The Morgan fingerprint density at radius 1 is 1.28 bits per heavy atom. The van der Waals surface area contributed by atoms with Crippen LogP contribution in [-0.2, 0) is 0 Å². The van der Waals surface area contributed by atoms with Crippen LogP contribution in [0.1, 0.15) is 53.9 Å². The highest BCUT2D eigenvalue weighted by atomic mass is 79.9. The normalized spacial score (nSPS) is 25.5. The van der Waals surface area contributed by atoms with E-state index in [-0.39, 0.29) is 17.4 Å². The van der Waals surface area contributed by atoms with Gasteiger partial charge in [0, 0.05) is 42.5 Å². The minimum Gasteiger partial charge on any atom is -0.371 e. The largest absolute Gasteiger partial charge is 0.371 e. The number of hydrogen-bond acceptors (Lipinski definition) is 3. The maximum Gasteiger partial charge on any atom is 0.0933 e. The third-order valence-electron chi connectivity index (χ3n) is 5.70. The number of hydrogen-bond donors (Lipinski definition) is 1. The standard InChI is InChI=1S/C20H37BrFN3/c1-14(2)13-25(18-6-8-24(9-7-18)20-12-23-20)19(15(3)4)10-17(11-22)16(5)21/h13,15-20,23H,6-12H2,1-5H3/t16-,17-,19?,20?/m0/s1. The number of nitrogens with one attached hydrogen (secondary N) is 1. The summed E-state index contributed by atoms with van der Waals surface area (Å²) in [6, 6.07) is 0.967. The highest BCUT2D eigenvalue weighted by Gasteiger charge is 2.35. The van der Waals surface area contributed by atoms with Gasteiger partial charge in [-0.1, -0.05) is 42.3 Å². The molecule has 0 aliphatic carbocycles. The summed E-state index contributed by atoms with van der Waals surface area (Å²) in [5.41, 5.74) is 1.33. The van der Waals surface area contributed by atoms with E-state index >= 15 is 0 Å². The molecule has 0 aromatic carbocycles. The summed E-state index contributed by atoms with van der Waals surface area (Å²) in [6.45, 7) is 14.2. The highest BCUT2D eigenvalue weighted by Crippen LogP contribution is 2.30. The van der Waals surface area contributed by atoms with Crippen LogP contribution in [0.2, 0.25) is 0 Å². The zero-order valence-electron chi connectivity index (χ0n) is 16.6. The van der Waals surface area contributed by atoms with E-state index in [1.807, 2.05) is 0 Å². The molecule has 3 nitrogen and oxygen atoms in total. The van der Waals surface area contributed by atoms with Crippen molar-refractivity contribution in [2.24, 2.45) is 11.8 Å². The Bertz CT molecular complexity index is 425. The summed E-state index contributed by atoms with van der Waals surface area (Å²) >= 11 is 3.62. The lowest BCUT2D eigenvalue weighted by molar-refractivity contribution is 0.0765. The minimum absolute atomic E-state index is 0.0798. The fourth-order valence-electron chi connectivity index (χ4n) is 4.00. The first-order valence-electron chi connectivity index (χ1n) is 9.93. The first-order chi connectivity index (χ1) is 11.8. The molecular weight excluding hydrogens is 381 g/mol. The number of nitrogens with zero attached hydrogens (tertiary/aromatic N) is 2. The van der Waals surface area contributed by atoms with Gasteiger partial charge in [0.2, 0.25) is 0 Å². The molecule has 0 saturated carbocycles. The van der Waals surface area contributed by atoms with Gasteiger partial charge in [-0.15, -0.1) is 0 Å². The van der Waals surface area contributed by atoms with Gasteiger partial charge in [-0.2, -0.15) is 0 Å². The second-order valence-electron chi connectivity index (χ2n) is 8.48. The van der Waals surface area contributed by atoms with Gasteiger partial charge in [0.25, 0.3) is 0 Å². The van der Waals surface area contributed by atoms with Crippen LogP contribution in [0, 0.1) is 11.8 Å². The molecule has 0 aromatic rings. The van der Waals surface area contributed by atoms with E-state index in [1.165, 1.54) is 31.5 Å². The average Bonchev–Trinajstić information content (AvgIpc) is 3.38. The van der Waals surface area contributed by atoms with E-state index < -0.39 is 0 Å². The van der Waals surface area contributed by atoms with E-state index in [2.05, 4.69) is 71.9 Å². The number of halogens is 2. The summed E-state index contributed by atoms with van der Waals surface area (Å²) in [7, 11) is 0. The fraction of sp³-hybridized carbons (Fsp3) is 0.900. The molecule has 1 N–H and O–H groups in total. The molecule has 4 atom stereocenters. The van der Waals surface area contributed by atoms with Crippen LogP contribution in [0.3, 0.4) is 0 Å². The molecule has 2 aliphatic heterocycles. The second-order valence-corrected chi connectivity index (χ2v) is 9.93. The van der Waals surface area contributed by atoms with E-state index in [4.69, 9.17) is 0 Å². The van der Waals surface area contributed by atoms with Crippen molar-refractivity contribution >= 4 is 15.9 Å². The Balaban J connectivity index is 2.10. The van der Waals surface area contributed by atoms with Gasteiger partial charge in [0.05, 0.1) is 12.8 Å². The maximum atomic E-state index is 13.6. The number of likely N-dealkylation sites (tertiary alicyclic amines) is 1. The zero-order chi connectivity index (χ0) is 18.6. The predicted octanol–water partition coefficient (Wildman–Crippen LogP) is 4.39. The van der Waals surface area contributed by atoms with E-state index in [0.717, 1.165) is 13.0 Å². The molecule has 2 saturated heterocycles. The van der Waals surface area contributed by atoms with E-state index in [0.29, 0.717) is 24.2 Å². The lowest BCUT2D eigenvalue weighted by atomic mass is 9.88. The first kappa shape index (κ1) is 21.2. The maximum absolute atomic E-state index is 13.6. The Morgan fingerprint density at radius 2 is 1.88 bits per heavy atom. The molecule has 2 heterocycles. The van der Waals surface area contributed by atoms with Crippen LogP contribution < -0.4 is 5.32 Å². The molecule has 2 fully saturated rings. The van der Waals surface area contributed by atoms with Crippen LogP contribution in [-0.4, -0.2) is 59.2 Å². The summed E-state index contributed by atoms with van der Waals surface area (Å²) in [4.78, 5) is 5.39. The van der Waals surface area contributed by atoms with Gasteiger partial charge in [-0.05, 0) is 45.2 Å². The van der Waals surface area contributed by atoms with Crippen LogP contribution >= 0.6 is 15.9 Å². The second kappa shape index (κ2) is 9.70. The first-order valence-corrected chi connectivity index (χ1v) is 10.8. The highest BCUT2D eigenvalue weighted by molar-refractivity contribution is 9.09. The Labute approximate surface area is 162 Å². The monoisotopic (exact) mass is 417 g/mol. The molecule has 0 radical (unpaired) electrons. The molecule has 0 spiro atoms. The average molecular weight is 418 g/mol. The van der Waals surface area contributed by atoms with Crippen molar-refractivity contribution in [3.63, 3.8) is 0 Å². The smallest absolute Gasteiger partial charge is 0.0933 e. The fourth-order valence-corrected chi connectivity index (χ4v) is 4.36. The lowest BCUT2D eigenvalue weighted by Crippen LogP contribution is -2.50. The van der Waals surface area contributed by atoms with Crippen molar-refractivity contribution in [1.29, 1.82) is 0 Å². The van der Waals surface area contributed by atoms with Gasteiger partial charge >= 0.3 is 0 Å². The van der Waals surface area contributed by atoms with E-state index in [9.17, 15) is 4.39 Å². The number of rotatable bonds is 9. The molecular formula is C20H37BrFN3. The number of alkyl halides is 2. The number of piperidine rings is 1. The SMILES string of the molecule is CC(C)=CN(C1CCN(C2CN2)CC1)C(C[C@@H](CF)[C@H](C)Br)C(C)C. The van der Waals surface area contributed by atoms with Gasteiger partial charge in [-0.3, -0.25) is 14.6 Å². The Kier molecular flexibility index (Phi) is 8.22. The molecule has 2 unspecified atom stereocenters. The molecule has 5 heteroatoms. The van der Waals surface area contributed by atoms with Crippen molar-refractivity contribution in [3.8, 4) is 0 Å². The minimum atomic E-state index is -0.246. The lowest BCUT2D eigenvalue weighted by Gasteiger charge is -2.45. The van der Waals surface area contributed by atoms with Crippen LogP contribution in [0.5, 0.6) is 0 Å². The van der Waals surface area contributed by atoms with Crippen molar-refractivity contribution in [3.05, 3.63) is 11.8 Å². The third kappa shape index (κ3) is 6.21. The van der Waals surface area contributed by atoms with Gasteiger partial charge in [0.1, 0.15) is 0 Å². The van der Waals surface area contributed by atoms with E-state index in [1.54, 1.807) is 0 Å². The predicted molar refractivity (Wildman–Crippen MR) is 109 cm³/mol. The summed E-state index contributed by atoms with van der Waals surface area (Å²) in [6.07, 6.45) is 6.29. The molecule has 2 aliphatic rings. The summed E-state index contributed by atoms with van der Waals surface area (Å²) < 4.78 is 13.6. The van der Waals surface area contributed by atoms with Gasteiger partial charge in [0.15, 0.2) is 0 Å². The zero-order valence-corrected chi connectivity index (χ0v) is 18.2. The van der Waals surface area contributed by atoms with Crippen LogP contribution in [0.25, 0.3) is 0 Å². The molecule has 0 aromatic heterocycles. The quantitative estimate of drug-likeness (QED) is 0.445. The summed E-state index contributed by atoms with van der Waals surface area (Å²) in [5, 5.41) is 3.42. The molecule has 25 heavy (non-hydrogen) atoms. The van der Waals surface area contributed by atoms with Crippen molar-refractivity contribution in [1.82, 2.24) is 15.1 Å². The number of allylic oxidation sites excluding steroid dienone is 1. The van der Waals surface area contributed by atoms with Crippen molar-refractivity contribution < 1.29 is 4.39 Å². The van der Waals surface area contributed by atoms with Crippen molar-refractivity contribution in [2.45, 2.75) is 77.0 Å². The van der Waals surface area contributed by atoms with Gasteiger partial charge in [-0.25, -0.2) is 0 Å². The molecule has 2 rings (SSSR count). The topological polar surface area (TPSA) is 28.4 Å². The summed E-state index contributed by atoms with van der Waals surface area (Å²) in [5.74, 6) is 0.593. The molecule has 0 amide bonds. The van der Waals surface area contributed by atoms with Crippen molar-refractivity contribution in [2.75, 3.05) is 26.3 Å². The Morgan fingerprint density at radius 3 is 2.28 bits per heavy atom. The van der Waals surface area contributed by atoms with Gasteiger partial charge < -0.3 is 4.90 Å². The van der Waals surface area contributed by atoms with Crippen LogP contribution in [0.15, 0.2) is 11.8 Å². The Hall–Kier alpha value is -0.130. The third-order valence-corrected chi connectivity index (χ3v) is 6.45. The molecule has 146 valence electrons. The van der Waals surface area contributed by atoms with Crippen LogP contribution in [0.4, 0.5) is 4.39 Å².